The van der Waals surface area contributed by atoms with Crippen molar-refractivity contribution >= 4 is 17.5 Å². The Balaban J connectivity index is 2.66. The SMILES string of the molecule is Cc1ccc(Cl)c(-c2cc(N)on2)c1O. The van der Waals surface area contributed by atoms with Crippen LogP contribution in [0.15, 0.2) is 22.7 Å². The summed E-state index contributed by atoms with van der Waals surface area (Å²) in [5, 5.41) is 13.9. The summed E-state index contributed by atoms with van der Waals surface area (Å²) in [6.07, 6.45) is 0. The van der Waals surface area contributed by atoms with E-state index in [4.69, 9.17) is 21.9 Å². The van der Waals surface area contributed by atoms with E-state index in [1.807, 2.05) is 0 Å². The van der Waals surface area contributed by atoms with Gasteiger partial charge in [-0.15, -0.1) is 0 Å². The number of halogens is 1. The van der Waals surface area contributed by atoms with Gasteiger partial charge in [-0.1, -0.05) is 22.8 Å². The number of nitrogens with zero attached hydrogens (tertiary/aromatic N) is 1. The average Bonchev–Trinajstić information content (AvgIpc) is 2.59. The van der Waals surface area contributed by atoms with Crippen molar-refractivity contribution in [3.05, 3.63) is 28.8 Å². The zero-order valence-corrected chi connectivity index (χ0v) is 8.75. The van der Waals surface area contributed by atoms with E-state index in [9.17, 15) is 5.11 Å². The van der Waals surface area contributed by atoms with E-state index in [2.05, 4.69) is 5.16 Å². The minimum atomic E-state index is 0.0933. The van der Waals surface area contributed by atoms with Crippen LogP contribution >= 0.6 is 11.6 Å². The van der Waals surface area contributed by atoms with Gasteiger partial charge in [0.2, 0.25) is 5.88 Å². The fourth-order valence-corrected chi connectivity index (χ4v) is 1.57. The van der Waals surface area contributed by atoms with Gasteiger partial charge in [0, 0.05) is 6.07 Å². The Kier molecular flexibility index (Phi) is 2.28. The summed E-state index contributed by atoms with van der Waals surface area (Å²) in [6, 6.07) is 4.93. The predicted molar refractivity (Wildman–Crippen MR) is 57.8 cm³/mol. The second-order valence-corrected chi connectivity index (χ2v) is 3.61. The van der Waals surface area contributed by atoms with Crippen LogP contribution in [0.25, 0.3) is 11.3 Å². The highest BCUT2D eigenvalue weighted by molar-refractivity contribution is 6.33. The summed E-state index contributed by atoms with van der Waals surface area (Å²) in [5.41, 5.74) is 6.99. The van der Waals surface area contributed by atoms with Gasteiger partial charge in [-0.25, -0.2) is 0 Å². The molecule has 2 rings (SSSR count). The third-order valence-electron chi connectivity index (χ3n) is 2.11. The maximum Gasteiger partial charge on any atom is 0.222 e. The van der Waals surface area contributed by atoms with Crippen molar-refractivity contribution in [2.24, 2.45) is 0 Å². The van der Waals surface area contributed by atoms with Gasteiger partial charge in [0.25, 0.3) is 0 Å². The first-order valence-corrected chi connectivity index (χ1v) is 4.68. The lowest BCUT2D eigenvalue weighted by molar-refractivity contribution is 0.437. The fourth-order valence-electron chi connectivity index (χ4n) is 1.32. The molecule has 0 aliphatic heterocycles. The molecule has 1 heterocycles. The van der Waals surface area contributed by atoms with Gasteiger partial charge < -0.3 is 15.4 Å². The molecule has 0 saturated heterocycles. The Bertz CT molecular complexity index is 508. The molecule has 0 radical (unpaired) electrons. The number of hydrogen-bond acceptors (Lipinski definition) is 4. The summed E-state index contributed by atoms with van der Waals surface area (Å²) < 4.78 is 4.73. The molecule has 2 aromatic rings. The number of aromatic hydroxyl groups is 1. The number of phenolic OH excluding ortho intramolecular Hbond substituents is 1. The van der Waals surface area contributed by atoms with Crippen LogP contribution in [-0.4, -0.2) is 10.3 Å². The Morgan fingerprint density at radius 1 is 1.47 bits per heavy atom. The molecule has 0 fully saturated rings. The molecule has 78 valence electrons. The quantitative estimate of drug-likeness (QED) is 0.781. The highest BCUT2D eigenvalue weighted by atomic mass is 35.5. The second kappa shape index (κ2) is 3.47. The van der Waals surface area contributed by atoms with E-state index in [0.29, 0.717) is 16.3 Å². The van der Waals surface area contributed by atoms with E-state index < -0.39 is 0 Å². The highest BCUT2D eigenvalue weighted by Crippen LogP contribution is 2.37. The summed E-state index contributed by atoms with van der Waals surface area (Å²) in [6.45, 7) is 1.78. The van der Waals surface area contributed by atoms with Gasteiger partial charge in [-0.2, -0.15) is 0 Å². The van der Waals surface area contributed by atoms with Crippen LogP contribution in [0.5, 0.6) is 5.75 Å². The summed E-state index contributed by atoms with van der Waals surface area (Å²) >= 11 is 5.96. The van der Waals surface area contributed by atoms with Crippen LogP contribution < -0.4 is 5.73 Å². The van der Waals surface area contributed by atoms with E-state index in [1.165, 1.54) is 6.07 Å². The Morgan fingerprint density at radius 2 is 2.20 bits per heavy atom. The van der Waals surface area contributed by atoms with Gasteiger partial charge in [0.15, 0.2) is 0 Å². The Hall–Kier alpha value is -1.68. The monoisotopic (exact) mass is 224 g/mol. The third-order valence-corrected chi connectivity index (χ3v) is 2.43. The molecule has 0 aliphatic carbocycles. The largest absolute Gasteiger partial charge is 0.507 e. The van der Waals surface area contributed by atoms with Crippen molar-refractivity contribution in [3.63, 3.8) is 0 Å². The lowest BCUT2D eigenvalue weighted by Gasteiger charge is -2.05. The highest BCUT2D eigenvalue weighted by Gasteiger charge is 2.14. The molecule has 0 unspecified atom stereocenters. The number of phenols is 1. The van der Waals surface area contributed by atoms with Crippen molar-refractivity contribution in [1.82, 2.24) is 5.16 Å². The first-order valence-electron chi connectivity index (χ1n) is 4.30. The van der Waals surface area contributed by atoms with Crippen molar-refractivity contribution in [1.29, 1.82) is 0 Å². The lowest BCUT2D eigenvalue weighted by atomic mass is 10.1. The van der Waals surface area contributed by atoms with Crippen LogP contribution in [0.4, 0.5) is 5.88 Å². The van der Waals surface area contributed by atoms with Gasteiger partial charge in [-0.3, -0.25) is 0 Å². The normalized spacial score (nSPS) is 10.5. The van der Waals surface area contributed by atoms with Crippen molar-refractivity contribution in [3.8, 4) is 17.0 Å². The molecule has 0 atom stereocenters. The first-order chi connectivity index (χ1) is 7.09. The van der Waals surface area contributed by atoms with Gasteiger partial charge in [0.1, 0.15) is 11.4 Å². The second-order valence-electron chi connectivity index (χ2n) is 3.20. The molecule has 0 amide bonds. The van der Waals surface area contributed by atoms with Gasteiger partial charge in [0.05, 0.1) is 10.6 Å². The number of aromatic nitrogens is 1. The zero-order chi connectivity index (χ0) is 11.0. The molecule has 15 heavy (non-hydrogen) atoms. The van der Waals surface area contributed by atoms with Crippen molar-refractivity contribution < 1.29 is 9.63 Å². The molecule has 0 saturated carbocycles. The average molecular weight is 225 g/mol. The third kappa shape index (κ3) is 1.64. The molecule has 3 N–H and O–H groups in total. The molecule has 5 heteroatoms. The number of hydrogen-bond donors (Lipinski definition) is 2. The molecule has 1 aromatic heterocycles. The molecule has 0 bridgehead atoms. The smallest absolute Gasteiger partial charge is 0.222 e. The van der Waals surface area contributed by atoms with Crippen molar-refractivity contribution in [2.75, 3.05) is 5.73 Å². The number of benzene rings is 1. The topological polar surface area (TPSA) is 72.3 Å². The number of rotatable bonds is 1. The van der Waals surface area contributed by atoms with E-state index >= 15 is 0 Å². The maximum atomic E-state index is 9.83. The van der Waals surface area contributed by atoms with E-state index in [-0.39, 0.29) is 11.6 Å². The van der Waals surface area contributed by atoms with Gasteiger partial charge in [-0.05, 0) is 18.6 Å². The first kappa shape index (κ1) is 9.86. The van der Waals surface area contributed by atoms with E-state index in [1.54, 1.807) is 19.1 Å². The van der Waals surface area contributed by atoms with Crippen LogP contribution in [0, 0.1) is 6.92 Å². The molecule has 0 aliphatic rings. The fraction of sp³-hybridized carbons (Fsp3) is 0.100. The molecular formula is C10H9ClN2O2. The van der Waals surface area contributed by atoms with Crippen LogP contribution in [-0.2, 0) is 0 Å². The zero-order valence-electron chi connectivity index (χ0n) is 7.99. The Morgan fingerprint density at radius 3 is 2.80 bits per heavy atom. The molecule has 1 aromatic carbocycles. The van der Waals surface area contributed by atoms with Crippen molar-refractivity contribution in [2.45, 2.75) is 6.92 Å². The minimum Gasteiger partial charge on any atom is -0.507 e. The van der Waals surface area contributed by atoms with E-state index in [0.717, 1.165) is 5.56 Å². The number of nitrogen functional groups attached to an aromatic ring is 1. The maximum absolute atomic E-state index is 9.83. The lowest BCUT2D eigenvalue weighted by Crippen LogP contribution is -1.84. The number of aryl methyl sites for hydroxylation is 1. The molecule has 0 spiro atoms. The summed E-state index contributed by atoms with van der Waals surface area (Å²) in [5.74, 6) is 0.276. The predicted octanol–water partition coefficient (Wildman–Crippen LogP) is 2.59. The summed E-state index contributed by atoms with van der Waals surface area (Å²) in [4.78, 5) is 0. The van der Waals surface area contributed by atoms with Gasteiger partial charge >= 0.3 is 0 Å². The molecule has 4 nitrogen and oxygen atoms in total. The van der Waals surface area contributed by atoms with Crippen LogP contribution in [0.1, 0.15) is 5.56 Å². The summed E-state index contributed by atoms with van der Waals surface area (Å²) in [7, 11) is 0. The number of nitrogens with two attached hydrogens (primary N) is 1. The van der Waals surface area contributed by atoms with Crippen LogP contribution in [0.2, 0.25) is 5.02 Å². The standard InChI is InChI=1S/C10H9ClN2O2/c1-5-2-3-6(11)9(10(5)14)7-4-8(12)15-13-7/h2-4,14H,12H2,1H3. The number of anilines is 1. The van der Waals surface area contributed by atoms with Crippen LogP contribution in [0.3, 0.4) is 0 Å². The minimum absolute atomic E-state index is 0.0933. The Labute approximate surface area is 91.3 Å². The molecular weight excluding hydrogens is 216 g/mol.